The molecule has 0 saturated carbocycles. The zero-order chi connectivity index (χ0) is 18.7. The molecule has 6 heteroatoms. The first-order valence-electron chi connectivity index (χ1n) is 8.12. The molecular weight excluding hydrogens is 332 g/mol. The first-order valence-corrected chi connectivity index (χ1v) is 8.12. The second kappa shape index (κ2) is 7.39. The van der Waals surface area contributed by atoms with Gasteiger partial charge in [0.2, 0.25) is 5.75 Å². The number of hydrogen-bond acceptors (Lipinski definition) is 6. The molecule has 0 aliphatic heterocycles. The van der Waals surface area contributed by atoms with Crippen molar-refractivity contribution in [2.45, 2.75) is 0 Å². The predicted molar refractivity (Wildman–Crippen MR) is 101 cm³/mol. The molecule has 3 aromatic rings. The van der Waals surface area contributed by atoms with E-state index >= 15 is 0 Å². The number of rotatable bonds is 6. The van der Waals surface area contributed by atoms with Crippen molar-refractivity contribution in [3.63, 3.8) is 0 Å². The number of hydrogen-bond donors (Lipinski definition) is 0. The quantitative estimate of drug-likeness (QED) is 0.664. The van der Waals surface area contributed by atoms with Crippen molar-refractivity contribution >= 4 is 5.69 Å². The molecule has 3 rings (SSSR count). The van der Waals surface area contributed by atoms with Crippen molar-refractivity contribution in [2.75, 3.05) is 40.3 Å². The van der Waals surface area contributed by atoms with Crippen LogP contribution in [0.3, 0.4) is 0 Å². The van der Waals surface area contributed by atoms with Crippen LogP contribution in [0, 0.1) is 0 Å². The van der Waals surface area contributed by atoms with Gasteiger partial charge in [-0.25, -0.2) is 0 Å². The Balaban J connectivity index is 2.19. The summed E-state index contributed by atoms with van der Waals surface area (Å²) in [6.45, 7) is 0. The van der Waals surface area contributed by atoms with Gasteiger partial charge in [0.15, 0.2) is 11.5 Å². The topological polar surface area (TPSA) is 57.0 Å². The summed E-state index contributed by atoms with van der Waals surface area (Å²) in [4.78, 5) is 2.04. The summed E-state index contributed by atoms with van der Waals surface area (Å²) < 4.78 is 21.6. The summed E-state index contributed by atoms with van der Waals surface area (Å²) in [7, 11) is 8.77. The van der Waals surface area contributed by atoms with Crippen molar-refractivity contribution < 1.29 is 18.7 Å². The lowest BCUT2D eigenvalue weighted by Gasteiger charge is -2.17. The zero-order valence-corrected chi connectivity index (χ0v) is 15.6. The van der Waals surface area contributed by atoms with Crippen LogP contribution in [0.1, 0.15) is 0 Å². The lowest BCUT2D eigenvalue weighted by atomic mass is 9.99. The Morgan fingerprint density at radius 2 is 1.54 bits per heavy atom. The minimum atomic E-state index is 0.547. The van der Waals surface area contributed by atoms with Crippen LogP contribution in [0.4, 0.5) is 5.69 Å². The number of methoxy groups -OCH3 is 3. The third kappa shape index (κ3) is 3.06. The van der Waals surface area contributed by atoms with Gasteiger partial charge in [-0.3, -0.25) is 0 Å². The van der Waals surface area contributed by atoms with Crippen LogP contribution in [0.25, 0.3) is 22.4 Å². The third-order valence-electron chi connectivity index (χ3n) is 4.19. The maximum atomic E-state index is 5.46. The summed E-state index contributed by atoms with van der Waals surface area (Å²) in [6, 6.07) is 11.8. The Kier molecular flexibility index (Phi) is 5.02. The van der Waals surface area contributed by atoms with E-state index in [1.54, 1.807) is 27.6 Å². The molecule has 0 atom stereocenters. The van der Waals surface area contributed by atoms with Gasteiger partial charge in [0.1, 0.15) is 12.0 Å². The summed E-state index contributed by atoms with van der Waals surface area (Å²) in [5.74, 6) is 1.70. The Labute approximate surface area is 152 Å². The van der Waals surface area contributed by atoms with Crippen molar-refractivity contribution in [1.29, 1.82) is 0 Å². The zero-order valence-electron chi connectivity index (χ0n) is 15.6. The molecule has 1 heterocycles. The van der Waals surface area contributed by atoms with Gasteiger partial charge in [-0.2, -0.15) is 0 Å². The standard InChI is InChI=1S/C20H22N2O4/c1-22(2)16-9-7-6-8-14(16)19-15(12-26-21-19)13-10-17(23-3)20(25-5)18(11-13)24-4/h6-12H,1-5H3. The highest BCUT2D eigenvalue weighted by molar-refractivity contribution is 5.87. The Morgan fingerprint density at radius 1 is 0.885 bits per heavy atom. The van der Waals surface area contributed by atoms with E-state index in [0.29, 0.717) is 17.2 Å². The predicted octanol–water partition coefficient (Wildman–Crippen LogP) is 4.10. The average molecular weight is 354 g/mol. The molecule has 0 aliphatic carbocycles. The first kappa shape index (κ1) is 17.7. The Bertz CT molecular complexity index is 877. The van der Waals surface area contributed by atoms with Gasteiger partial charge < -0.3 is 23.6 Å². The summed E-state index contributed by atoms with van der Waals surface area (Å²) in [5.41, 5.74) is 4.50. The molecule has 0 unspecified atom stereocenters. The minimum absolute atomic E-state index is 0.547. The molecule has 2 aromatic carbocycles. The molecule has 1 aromatic heterocycles. The molecule has 0 saturated heterocycles. The number of nitrogens with zero attached hydrogens (tertiary/aromatic N) is 2. The van der Waals surface area contributed by atoms with E-state index in [2.05, 4.69) is 5.16 Å². The number of benzene rings is 2. The number of anilines is 1. The summed E-state index contributed by atoms with van der Waals surface area (Å²) >= 11 is 0. The van der Waals surface area contributed by atoms with E-state index in [0.717, 1.165) is 28.1 Å². The molecule has 0 bridgehead atoms. The lowest BCUT2D eigenvalue weighted by Crippen LogP contribution is -2.09. The monoisotopic (exact) mass is 354 g/mol. The van der Waals surface area contributed by atoms with Gasteiger partial charge in [-0.05, 0) is 23.8 Å². The highest BCUT2D eigenvalue weighted by Gasteiger charge is 2.20. The summed E-state index contributed by atoms with van der Waals surface area (Å²) in [5, 5.41) is 4.24. The molecule has 6 nitrogen and oxygen atoms in total. The van der Waals surface area contributed by atoms with E-state index < -0.39 is 0 Å². The molecule has 0 aliphatic rings. The molecule has 0 radical (unpaired) electrons. The molecule has 0 N–H and O–H groups in total. The molecule has 0 amide bonds. The van der Waals surface area contributed by atoms with E-state index in [-0.39, 0.29) is 0 Å². The SMILES string of the molecule is COc1cc(-c2conc2-c2ccccc2N(C)C)cc(OC)c1OC. The minimum Gasteiger partial charge on any atom is -0.493 e. The van der Waals surface area contributed by atoms with Crippen LogP contribution in [0.2, 0.25) is 0 Å². The van der Waals surface area contributed by atoms with Gasteiger partial charge in [0, 0.05) is 30.9 Å². The third-order valence-corrected chi connectivity index (χ3v) is 4.19. The number of ether oxygens (including phenoxy) is 3. The largest absolute Gasteiger partial charge is 0.493 e. The fourth-order valence-electron chi connectivity index (χ4n) is 2.94. The molecule has 0 spiro atoms. The van der Waals surface area contributed by atoms with Gasteiger partial charge in [-0.1, -0.05) is 23.4 Å². The second-order valence-electron chi connectivity index (χ2n) is 5.90. The van der Waals surface area contributed by atoms with Gasteiger partial charge in [0.25, 0.3) is 0 Å². The maximum Gasteiger partial charge on any atom is 0.203 e. The van der Waals surface area contributed by atoms with Gasteiger partial charge in [0.05, 0.1) is 21.3 Å². The van der Waals surface area contributed by atoms with E-state index in [9.17, 15) is 0 Å². The van der Waals surface area contributed by atoms with Crippen LogP contribution in [-0.2, 0) is 0 Å². The van der Waals surface area contributed by atoms with E-state index in [1.165, 1.54) is 0 Å². The maximum absolute atomic E-state index is 5.46. The van der Waals surface area contributed by atoms with Crippen molar-refractivity contribution in [3.8, 4) is 39.6 Å². The fourth-order valence-corrected chi connectivity index (χ4v) is 2.94. The van der Waals surface area contributed by atoms with Crippen molar-refractivity contribution in [3.05, 3.63) is 42.7 Å². The number of para-hydroxylation sites is 1. The molecular formula is C20H22N2O4. The second-order valence-corrected chi connectivity index (χ2v) is 5.90. The van der Waals surface area contributed by atoms with Crippen molar-refractivity contribution in [1.82, 2.24) is 5.16 Å². The van der Waals surface area contributed by atoms with Crippen LogP contribution in [-0.4, -0.2) is 40.6 Å². The molecule has 136 valence electrons. The summed E-state index contributed by atoms with van der Waals surface area (Å²) in [6.07, 6.45) is 1.63. The van der Waals surface area contributed by atoms with Crippen molar-refractivity contribution in [2.24, 2.45) is 0 Å². The normalized spacial score (nSPS) is 10.5. The van der Waals surface area contributed by atoms with Gasteiger partial charge >= 0.3 is 0 Å². The van der Waals surface area contributed by atoms with E-state index in [4.69, 9.17) is 18.7 Å². The van der Waals surface area contributed by atoms with Crippen LogP contribution >= 0.6 is 0 Å². The lowest BCUT2D eigenvalue weighted by molar-refractivity contribution is 0.324. The highest BCUT2D eigenvalue weighted by Crippen LogP contribution is 2.44. The average Bonchev–Trinajstić information content (AvgIpc) is 3.16. The molecule has 26 heavy (non-hydrogen) atoms. The first-order chi connectivity index (χ1) is 12.6. The Morgan fingerprint density at radius 3 is 2.12 bits per heavy atom. The Hall–Kier alpha value is -3.15. The van der Waals surface area contributed by atoms with Crippen LogP contribution < -0.4 is 19.1 Å². The fraction of sp³-hybridized carbons (Fsp3) is 0.250. The van der Waals surface area contributed by atoms with Crippen LogP contribution in [0.15, 0.2) is 47.2 Å². The smallest absolute Gasteiger partial charge is 0.203 e. The van der Waals surface area contributed by atoms with E-state index in [1.807, 2.05) is 55.4 Å². The number of aromatic nitrogens is 1. The van der Waals surface area contributed by atoms with Crippen LogP contribution in [0.5, 0.6) is 17.2 Å². The molecule has 0 fully saturated rings. The van der Waals surface area contributed by atoms with Gasteiger partial charge in [-0.15, -0.1) is 0 Å². The highest BCUT2D eigenvalue weighted by atomic mass is 16.5.